The summed E-state index contributed by atoms with van der Waals surface area (Å²) >= 11 is 0. The van der Waals surface area contributed by atoms with Crippen LogP contribution < -0.4 is 0 Å². The Bertz CT molecular complexity index is 3110. The van der Waals surface area contributed by atoms with Crippen molar-refractivity contribution >= 4 is 59.8 Å². The predicted molar refractivity (Wildman–Crippen MR) is 223 cm³/mol. The van der Waals surface area contributed by atoms with Gasteiger partial charge in [-0.05, 0) is 93.0 Å². The van der Waals surface area contributed by atoms with Crippen LogP contribution in [0.3, 0.4) is 0 Å². The van der Waals surface area contributed by atoms with Gasteiger partial charge in [0.15, 0.2) is 17.5 Å². The lowest BCUT2D eigenvalue weighted by Crippen LogP contribution is -2.21. The second-order valence-corrected chi connectivity index (χ2v) is 15.0. The zero-order valence-electron chi connectivity index (χ0n) is 29.9. The first-order valence-electron chi connectivity index (χ1n) is 18.8. The van der Waals surface area contributed by atoms with Gasteiger partial charge in [0.25, 0.3) is 0 Å². The molecule has 54 heavy (non-hydrogen) atoms. The molecule has 0 fully saturated rings. The summed E-state index contributed by atoms with van der Waals surface area (Å²) in [4.78, 5) is 15.8. The summed E-state index contributed by atoms with van der Waals surface area (Å²) in [5, 5.41) is 9.29. The van der Waals surface area contributed by atoms with Crippen molar-refractivity contribution in [3.8, 4) is 33.9 Å². The SMILES string of the molecule is CC12C=CCCC1=CC(c1nc(-c3ccc4ccc5ccccc5c4c3)nc(-c3cccc4oc5ccc(-c6ccc7ccccc7c6)cc5c34)n1)=CC2. The predicted octanol–water partition coefficient (Wildman–Crippen LogP) is 13.3. The molecule has 0 radical (unpaired) electrons. The molecule has 2 heterocycles. The first-order chi connectivity index (χ1) is 26.6. The number of fused-ring (bicyclic) bond motifs is 8. The lowest BCUT2D eigenvalue weighted by molar-refractivity contribution is 0.481. The number of benzene rings is 7. The largest absolute Gasteiger partial charge is 0.456 e. The van der Waals surface area contributed by atoms with Gasteiger partial charge < -0.3 is 4.42 Å². The molecule has 7 aromatic carbocycles. The summed E-state index contributed by atoms with van der Waals surface area (Å²) in [5.74, 6) is 1.98. The van der Waals surface area contributed by atoms with Gasteiger partial charge in [0, 0.05) is 32.9 Å². The molecule has 4 heteroatoms. The van der Waals surface area contributed by atoms with Crippen LogP contribution in [0.1, 0.15) is 32.0 Å². The van der Waals surface area contributed by atoms with Crippen molar-refractivity contribution in [2.24, 2.45) is 5.41 Å². The third-order valence-electron chi connectivity index (χ3n) is 11.6. The van der Waals surface area contributed by atoms with E-state index in [1.807, 2.05) is 12.1 Å². The van der Waals surface area contributed by atoms with Gasteiger partial charge in [0.2, 0.25) is 0 Å². The molecular weight excluding hydrogens is 659 g/mol. The molecule has 1 atom stereocenters. The highest BCUT2D eigenvalue weighted by molar-refractivity contribution is 6.13. The lowest BCUT2D eigenvalue weighted by atomic mass is 9.70. The first kappa shape index (κ1) is 30.9. The standard InChI is InChI=1S/C50H35N3O/c1-50-25-7-6-12-39(50)28-38(24-26-50)48-51-47(37-21-19-33-18-17-32-10-4-5-13-40(32)42(33)30-37)52-49(53-48)41-14-8-15-45-46(41)43-29-36(22-23-44(43)54-45)35-20-16-31-9-2-3-11-34(31)27-35/h2-5,7-11,13-25,27-30H,6,12,26H2,1H3. The Morgan fingerprint density at radius 1 is 0.556 bits per heavy atom. The Hall–Kier alpha value is -6.65. The molecule has 0 spiro atoms. The fraction of sp³-hybridized carbons (Fsp3) is 0.100. The summed E-state index contributed by atoms with van der Waals surface area (Å²) in [6.07, 6.45) is 12.3. The summed E-state index contributed by atoms with van der Waals surface area (Å²) in [7, 11) is 0. The molecule has 0 N–H and O–H groups in total. The molecular formula is C50H35N3O. The van der Waals surface area contributed by atoms with Crippen molar-refractivity contribution < 1.29 is 4.42 Å². The van der Waals surface area contributed by atoms with Gasteiger partial charge in [-0.1, -0.05) is 140 Å². The summed E-state index contributed by atoms with van der Waals surface area (Å²) in [5.41, 5.74) is 8.36. The average Bonchev–Trinajstić information content (AvgIpc) is 3.61. The number of aromatic nitrogens is 3. The van der Waals surface area contributed by atoms with Gasteiger partial charge in [0.05, 0.1) is 0 Å². The Balaban J connectivity index is 1.12. The topological polar surface area (TPSA) is 51.8 Å². The monoisotopic (exact) mass is 693 g/mol. The molecule has 0 amide bonds. The van der Waals surface area contributed by atoms with Crippen LogP contribution in [0.2, 0.25) is 0 Å². The van der Waals surface area contributed by atoms with Crippen LogP contribution in [0.15, 0.2) is 168 Å². The minimum Gasteiger partial charge on any atom is -0.456 e. The Morgan fingerprint density at radius 3 is 2.19 bits per heavy atom. The molecule has 4 nitrogen and oxygen atoms in total. The van der Waals surface area contributed by atoms with E-state index >= 15 is 0 Å². The van der Waals surface area contributed by atoms with E-state index in [1.54, 1.807) is 0 Å². The van der Waals surface area contributed by atoms with Gasteiger partial charge in [-0.25, -0.2) is 15.0 Å². The minimum absolute atomic E-state index is 0.0455. The number of allylic oxidation sites excluding steroid dienone is 6. The average molecular weight is 694 g/mol. The summed E-state index contributed by atoms with van der Waals surface area (Å²) in [6.45, 7) is 2.34. The van der Waals surface area contributed by atoms with Gasteiger partial charge in [-0.3, -0.25) is 0 Å². The van der Waals surface area contributed by atoms with E-state index in [2.05, 4.69) is 153 Å². The molecule has 0 saturated carbocycles. The van der Waals surface area contributed by atoms with E-state index in [1.165, 1.54) is 37.9 Å². The maximum Gasteiger partial charge on any atom is 0.164 e. The Morgan fingerprint density at radius 2 is 1.26 bits per heavy atom. The summed E-state index contributed by atoms with van der Waals surface area (Å²) in [6, 6.07) is 47.3. The molecule has 0 aliphatic heterocycles. The van der Waals surface area contributed by atoms with E-state index in [0.29, 0.717) is 17.5 Å². The van der Waals surface area contributed by atoms with Crippen LogP contribution in [0.5, 0.6) is 0 Å². The second kappa shape index (κ2) is 11.9. The molecule has 2 aliphatic carbocycles. The molecule has 2 aromatic heterocycles. The lowest BCUT2D eigenvalue weighted by Gasteiger charge is -2.34. The van der Waals surface area contributed by atoms with Crippen LogP contribution in [-0.4, -0.2) is 15.0 Å². The maximum atomic E-state index is 6.50. The van der Waals surface area contributed by atoms with E-state index in [0.717, 1.165) is 69.0 Å². The fourth-order valence-corrected chi connectivity index (χ4v) is 8.59. The number of rotatable bonds is 4. The molecule has 0 bridgehead atoms. The van der Waals surface area contributed by atoms with Crippen molar-refractivity contribution in [1.82, 2.24) is 15.0 Å². The van der Waals surface area contributed by atoms with Gasteiger partial charge in [0.1, 0.15) is 11.2 Å². The van der Waals surface area contributed by atoms with Crippen molar-refractivity contribution in [3.05, 3.63) is 169 Å². The highest BCUT2D eigenvalue weighted by Crippen LogP contribution is 2.45. The number of hydrogen-bond donors (Lipinski definition) is 0. The fourth-order valence-electron chi connectivity index (χ4n) is 8.59. The summed E-state index contributed by atoms with van der Waals surface area (Å²) < 4.78 is 6.50. The van der Waals surface area contributed by atoms with Gasteiger partial charge in [-0.15, -0.1) is 0 Å². The Kier molecular flexibility index (Phi) is 6.84. The van der Waals surface area contributed by atoms with Crippen LogP contribution in [0.4, 0.5) is 0 Å². The highest BCUT2D eigenvalue weighted by atomic mass is 16.3. The van der Waals surface area contributed by atoms with Crippen molar-refractivity contribution in [2.75, 3.05) is 0 Å². The number of hydrogen-bond acceptors (Lipinski definition) is 4. The number of nitrogens with zero attached hydrogens (tertiary/aromatic N) is 3. The van der Waals surface area contributed by atoms with Crippen molar-refractivity contribution in [3.63, 3.8) is 0 Å². The quantitative estimate of drug-likeness (QED) is 0.136. The van der Waals surface area contributed by atoms with E-state index < -0.39 is 0 Å². The maximum absolute atomic E-state index is 6.50. The molecule has 2 aliphatic rings. The van der Waals surface area contributed by atoms with Crippen molar-refractivity contribution in [1.29, 1.82) is 0 Å². The van der Waals surface area contributed by atoms with Crippen LogP contribution in [-0.2, 0) is 0 Å². The van der Waals surface area contributed by atoms with Crippen LogP contribution >= 0.6 is 0 Å². The van der Waals surface area contributed by atoms with Crippen molar-refractivity contribution in [2.45, 2.75) is 26.2 Å². The second-order valence-electron chi connectivity index (χ2n) is 15.0. The van der Waals surface area contributed by atoms with E-state index in [-0.39, 0.29) is 5.41 Å². The molecule has 256 valence electrons. The molecule has 0 saturated heterocycles. The third-order valence-corrected chi connectivity index (χ3v) is 11.6. The van der Waals surface area contributed by atoms with Crippen LogP contribution in [0, 0.1) is 5.41 Å². The molecule has 11 rings (SSSR count). The van der Waals surface area contributed by atoms with E-state index in [4.69, 9.17) is 19.4 Å². The number of furan rings is 1. The van der Waals surface area contributed by atoms with Gasteiger partial charge >= 0.3 is 0 Å². The zero-order chi connectivity index (χ0) is 35.8. The minimum atomic E-state index is 0.0455. The van der Waals surface area contributed by atoms with Crippen LogP contribution in [0.25, 0.3) is 93.7 Å². The molecule has 1 unspecified atom stereocenters. The normalized spacial score (nSPS) is 17.0. The first-order valence-corrected chi connectivity index (χ1v) is 18.8. The van der Waals surface area contributed by atoms with E-state index in [9.17, 15) is 0 Å². The van der Waals surface area contributed by atoms with Gasteiger partial charge in [-0.2, -0.15) is 0 Å². The highest BCUT2D eigenvalue weighted by Gasteiger charge is 2.31. The smallest absolute Gasteiger partial charge is 0.164 e. The Labute approximate surface area is 312 Å². The zero-order valence-corrected chi connectivity index (χ0v) is 29.9. The third kappa shape index (κ3) is 5.02. The molecule has 9 aromatic rings.